The number of anilines is 1. The molecule has 0 spiro atoms. The Morgan fingerprint density at radius 2 is 2.10 bits per heavy atom. The van der Waals surface area contributed by atoms with Gasteiger partial charge in [-0.2, -0.15) is 11.8 Å². The summed E-state index contributed by atoms with van der Waals surface area (Å²) in [4.78, 5) is 8.94. The Kier molecular flexibility index (Phi) is 2.48. The quantitative estimate of drug-likeness (QED) is 0.803. The van der Waals surface area contributed by atoms with E-state index in [1.165, 1.54) is 12.8 Å². The van der Waals surface area contributed by atoms with Crippen molar-refractivity contribution in [1.29, 1.82) is 0 Å². The summed E-state index contributed by atoms with van der Waals surface area (Å²) in [6.45, 7) is 0.935. The lowest BCUT2D eigenvalue weighted by Crippen LogP contribution is -2.15. The minimum atomic E-state index is 0.353. The van der Waals surface area contributed by atoms with Gasteiger partial charge in [-0.1, -0.05) is 18.2 Å². The summed E-state index contributed by atoms with van der Waals surface area (Å²) in [5, 5.41) is 1.13. The molecule has 2 N–H and O–H groups in total. The van der Waals surface area contributed by atoms with Gasteiger partial charge in [0.05, 0.1) is 17.2 Å². The van der Waals surface area contributed by atoms with E-state index in [9.17, 15) is 0 Å². The minimum Gasteiger partial charge on any atom is -0.369 e. The van der Waals surface area contributed by atoms with Crippen LogP contribution in [0.1, 0.15) is 12.8 Å². The molecule has 5 heteroatoms. The Labute approximate surface area is 121 Å². The Hall–Kier alpha value is -1.75. The van der Waals surface area contributed by atoms with Crippen molar-refractivity contribution in [3.63, 3.8) is 0 Å². The van der Waals surface area contributed by atoms with Crippen LogP contribution in [0.5, 0.6) is 0 Å². The number of benzene rings is 1. The number of hydrogen-bond donors (Lipinski definition) is 1. The molecule has 20 heavy (non-hydrogen) atoms. The topological polar surface area (TPSA) is 56.7 Å². The molecule has 2 aromatic heterocycles. The second-order valence-electron chi connectivity index (χ2n) is 5.45. The van der Waals surface area contributed by atoms with Crippen molar-refractivity contribution in [1.82, 2.24) is 14.5 Å². The van der Waals surface area contributed by atoms with E-state index >= 15 is 0 Å². The third kappa shape index (κ3) is 1.69. The van der Waals surface area contributed by atoms with Gasteiger partial charge in [0.15, 0.2) is 0 Å². The van der Waals surface area contributed by atoms with Gasteiger partial charge in [-0.15, -0.1) is 0 Å². The first-order valence-corrected chi connectivity index (χ1v) is 7.99. The summed E-state index contributed by atoms with van der Waals surface area (Å²) >= 11 is 1.94. The highest BCUT2D eigenvalue weighted by Gasteiger charge is 2.42. The van der Waals surface area contributed by atoms with Gasteiger partial charge in [-0.05, 0) is 25.2 Å². The lowest BCUT2D eigenvalue weighted by atomic mass is 10.2. The number of aromatic nitrogens is 3. The summed E-state index contributed by atoms with van der Waals surface area (Å²) in [7, 11) is 0. The molecule has 4 nitrogen and oxygen atoms in total. The fraction of sp³-hybridized carbons (Fsp3) is 0.333. The van der Waals surface area contributed by atoms with E-state index in [-0.39, 0.29) is 0 Å². The van der Waals surface area contributed by atoms with Crippen molar-refractivity contribution in [3.8, 4) is 0 Å². The van der Waals surface area contributed by atoms with Gasteiger partial charge in [0.2, 0.25) is 5.95 Å². The van der Waals surface area contributed by atoms with Crippen molar-refractivity contribution in [3.05, 3.63) is 30.5 Å². The third-order valence-corrected chi connectivity index (χ3v) is 5.60. The number of imidazole rings is 1. The summed E-state index contributed by atoms with van der Waals surface area (Å²) in [5.74, 6) is 0.596. The molecular formula is C15H16N4S. The van der Waals surface area contributed by atoms with Crippen LogP contribution in [0.4, 0.5) is 5.95 Å². The molecule has 1 saturated carbocycles. The number of nitrogens with two attached hydrogens (primary N) is 1. The lowest BCUT2D eigenvalue weighted by molar-refractivity contribution is 0.688. The van der Waals surface area contributed by atoms with E-state index in [0.29, 0.717) is 10.7 Å². The average molecular weight is 284 g/mol. The fourth-order valence-corrected chi connectivity index (χ4v) is 3.56. The molecule has 3 aromatic rings. The van der Waals surface area contributed by atoms with E-state index in [2.05, 4.69) is 26.9 Å². The monoisotopic (exact) mass is 284 g/mol. The number of nitrogens with zero attached hydrogens (tertiary/aromatic N) is 3. The first kappa shape index (κ1) is 12.0. The van der Waals surface area contributed by atoms with E-state index in [1.807, 2.05) is 36.2 Å². The molecule has 0 aliphatic heterocycles. The van der Waals surface area contributed by atoms with E-state index in [1.54, 1.807) is 0 Å². The molecule has 4 rings (SSSR count). The Balaban J connectivity index is 1.99. The molecule has 0 saturated heterocycles. The minimum absolute atomic E-state index is 0.353. The summed E-state index contributed by atoms with van der Waals surface area (Å²) in [5.41, 5.74) is 9.15. The normalized spacial score (nSPS) is 16.9. The summed E-state index contributed by atoms with van der Waals surface area (Å²) in [6.07, 6.45) is 6.53. The predicted molar refractivity (Wildman–Crippen MR) is 84.9 cm³/mol. The van der Waals surface area contributed by atoms with Crippen LogP contribution >= 0.6 is 11.8 Å². The van der Waals surface area contributed by atoms with Crippen molar-refractivity contribution >= 4 is 39.6 Å². The van der Waals surface area contributed by atoms with E-state index in [0.717, 1.165) is 28.5 Å². The average Bonchev–Trinajstić information content (AvgIpc) is 3.18. The molecule has 1 fully saturated rings. The largest absolute Gasteiger partial charge is 0.369 e. The molecule has 1 aromatic carbocycles. The van der Waals surface area contributed by atoms with Gasteiger partial charge >= 0.3 is 0 Å². The van der Waals surface area contributed by atoms with Gasteiger partial charge < -0.3 is 10.3 Å². The maximum Gasteiger partial charge on any atom is 0.201 e. The smallest absolute Gasteiger partial charge is 0.201 e. The van der Waals surface area contributed by atoms with Crippen LogP contribution in [0.3, 0.4) is 0 Å². The molecule has 0 atom stereocenters. The third-order valence-electron chi connectivity index (χ3n) is 4.20. The summed E-state index contributed by atoms with van der Waals surface area (Å²) in [6, 6.07) is 8.18. The van der Waals surface area contributed by atoms with Crippen LogP contribution in [-0.4, -0.2) is 25.5 Å². The first-order valence-electron chi connectivity index (χ1n) is 6.77. The summed E-state index contributed by atoms with van der Waals surface area (Å²) < 4.78 is 2.52. The van der Waals surface area contributed by atoms with Gasteiger partial charge in [-0.25, -0.2) is 4.98 Å². The van der Waals surface area contributed by atoms with Crippen LogP contribution in [0.15, 0.2) is 30.5 Å². The standard InChI is InChI=1S/C15H16N4S/c1-20-15(6-7-15)9-19-13-10-4-2-3-5-11(10)17-8-12(13)18-14(19)16/h2-5,8H,6-7,9H2,1H3,(H2,16,18). The highest BCUT2D eigenvalue weighted by molar-refractivity contribution is 8.00. The zero-order valence-electron chi connectivity index (χ0n) is 11.3. The first-order chi connectivity index (χ1) is 9.72. The molecule has 0 unspecified atom stereocenters. The van der Waals surface area contributed by atoms with Crippen molar-refractivity contribution in [2.24, 2.45) is 0 Å². The van der Waals surface area contributed by atoms with Gasteiger partial charge in [0, 0.05) is 16.7 Å². The maximum absolute atomic E-state index is 6.15. The highest BCUT2D eigenvalue weighted by atomic mass is 32.2. The number of pyridine rings is 1. The molecule has 0 radical (unpaired) electrons. The molecule has 2 heterocycles. The number of thioether (sulfide) groups is 1. The molecule has 1 aliphatic rings. The van der Waals surface area contributed by atoms with E-state index in [4.69, 9.17) is 5.73 Å². The van der Waals surface area contributed by atoms with Crippen molar-refractivity contribution in [2.45, 2.75) is 24.1 Å². The molecular weight excluding hydrogens is 268 g/mol. The van der Waals surface area contributed by atoms with Crippen LogP contribution < -0.4 is 5.73 Å². The second kappa shape index (κ2) is 4.12. The van der Waals surface area contributed by atoms with Crippen LogP contribution in [0.25, 0.3) is 21.9 Å². The Morgan fingerprint density at radius 3 is 2.85 bits per heavy atom. The lowest BCUT2D eigenvalue weighted by Gasteiger charge is -2.15. The van der Waals surface area contributed by atoms with Crippen molar-refractivity contribution < 1.29 is 0 Å². The SMILES string of the molecule is CSC1(Cn2c(N)nc3cnc4ccccc4c32)CC1. The zero-order chi connectivity index (χ0) is 13.7. The molecule has 1 aliphatic carbocycles. The van der Waals surface area contributed by atoms with Crippen LogP contribution in [0.2, 0.25) is 0 Å². The van der Waals surface area contributed by atoms with Crippen molar-refractivity contribution in [2.75, 3.05) is 12.0 Å². The molecule has 0 bridgehead atoms. The Morgan fingerprint density at radius 1 is 1.30 bits per heavy atom. The number of fused-ring (bicyclic) bond motifs is 3. The van der Waals surface area contributed by atoms with Gasteiger partial charge in [0.1, 0.15) is 5.52 Å². The Bertz CT molecular complexity index is 804. The van der Waals surface area contributed by atoms with Crippen LogP contribution in [-0.2, 0) is 6.54 Å². The maximum atomic E-state index is 6.15. The van der Waals surface area contributed by atoms with Gasteiger partial charge in [0.25, 0.3) is 0 Å². The predicted octanol–water partition coefficient (Wildman–Crippen LogP) is 3.06. The molecule has 102 valence electrons. The zero-order valence-corrected chi connectivity index (χ0v) is 12.2. The fourth-order valence-electron chi connectivity index (χ4n) is 2.79. The van der Waals surface area contributed by atoms with Crippen LogP contribution in [0, 0.1) is 0 Å². The molecule has 0 amide bonds. The second-order valence-corrected chi connectivity index (χ2v) is 6.73. The van der Waals surface area contributed by atoms with Gasteiger partial charge in [-0.3, -0.25) is 4.98 Å². The van der Waals surface area contributed by atoms with E-state index < -0.39 is 0 Å². The number of rotatable bonds is 3. The number of hydrogen-bond acceptors (Lipinski definition) is 4. The highest BCUT2D eigenvalue weighted by Crippen LogP contribution is 2.49. The number of nitrogen functional groups attached to an aromatic ring is 1. The number of para-hydroxylation sites is 1.